The smallest absolute Gasteiger partial charge is 0.243 e. The second kappa shape index (κ2) is 11.3. The van der Waals surface area contributed by atoms with Crippen LogP contribution in [-0.4, -0.2) is 55.1 Å². The maximum absolute atomic E-state index is 14.5. The van der Waals surface area contributed by atoms with Gasteiger partial charge in [0.05, 0.1) is 17.7 Å². The van der Waals surface area contributed by atoms with Crippen LogP contribution in [0.2, 0.25) is 5.02 Å². The van der Waals surface area contributed by atoms with Crippen molar-refractivity contribution >= 4 is 34.3 Å². The topological polar surface area (TPSA) is 100 Å². The Morgan fingerprint density at radius 2 is 1.95 bits per heavy atom. The molecule has 0 spiro atoms. The molecule has 5 rings (SSSR count). The molecule has 3 heterocycles. The van der Waals surface area contributed by atoms with Gasteiger partial charge in [-0.2, -0.15) is 0 Å². The van der Waals surface area contributed by atoms with Gasteiger partial charge in [-0.15, -0.1) is 0 Å². The quantitative estimate of drug-likeness (QED) is 0.342. The number of aliphatic hydroxyl groups is 1. The molecule has 1 aliphatic rings. The van der Waals surface area contributed by atoms with Crippen LogP contribution >= 0.6 is 11.6 Å². The molecule has 2 amide bonds. The van der Waals surface area contributed by atoms with Crippen molar-refractivity contribution in [1.82, 2.24) is 24.8 Å². The Kier molecular flexibility index (Phi) is 7.82. The van der Waals surface area contributed by atoms with E-state index >= 15 is 0 Å². The highest BCUT2D eigenvalue weighted by atomic mass is 35.5. The normalized spacial score (nSPS) is 17.8. The minimum absolute atomic E-state index is 0.0666. The van der Waals surface area contributed by atoms with Gasteiger partial charge in [0.1, 0.15) is 30.4 Å². The molecule has 3 atom stereocenters. The van der Waals surface area contributed by atoms with Crippen molar-refractivity contribution in [3.8, 4) is 11.1 Å². The third-order valence-electron chi connectivity index (χ3n) is 7.14. The molecular formula is C29H28ClF2N5O3. The Morgan fingerprint density at radius 1 is 1.20 bits per heavy atom. The molecule has 1 unspecified atom stereocenters. The van der Waals surface area contributed by atoms with Crippen molar-refractivity contribution in [3.05, 3.63) is 82.8 Å². The van der Waals surface area contributed by atoms with E-state index in [0.717, 1.165) is 16.5 Å². The zero-order chi connectivity index (χ0) is 28.6. The first kappa shape index (κ1) is 27.7. The lowest BCUT2D eigenvalue weighted by atomic mass is 10.0. The van der Waals surface area contributed by atoms with Crippen molar-refractivity contribution in [2.75, 3.05) is 6.54 Å². The van der Waals surface area contributed by atoms with Crippen molar-refractivity contribution in [3.63, 3.8) is 0 Å². The molecule has 40 heavy (non-hydrogen) atoms. The van der Waals surface area contributed by atoms with Gasteiger partial charge < -0.3 is 19.9 Å². The number of hydrogen-bond acceptors (Lipinski definition) is 5. The minimum atomic E-state index is -1.36. The number of nitrogens with one attached hydrogen (secondary N) is 1. The summed E-state index contributed by atoms with van der Waals surface area (Å²) in [6.07, 6.45) is 2.82. The number of alkyl halides is 1. The maximum atomic E-state index is 14.5. The number of hydrogen-bond donors (Lipinski definition) is 2. The van der Waals surface area contributed by atoms with Gasteiger partial charge in [-0.1, -0.05) is 29.8 Å². The van der Waals surface area contributed by atoms with Crippen molar-refractivity contribution in [2.45, 2.75) is 51.7 Å². The number of likely N-dealkylation sites (tertiary alicyclic amines) is 1. The monoisotopic (exact) mass is 567 g/mol. The van der Waals surface area contributed by atoms with Crippen LogP contribution in [0.15, 0.2) is 55.0 Å². The summed E-state index contributed by atoms with van der Waals surface area (Å²) in [6, 6.07) is 9.05. The zero-order valence-electron chi connectivity index (χ0n) is 21.9. The van der Waals surface area contributed by atoms with Gasteiger partial charge in [-0.3, -0.25) is 9.59 Å². The van der Waals surface area contributed by atoms with E-state index in [1.54, 1.807) is 43.1 Å². The van der Waals surface area contributed by atoms with Crippen LogP contribution in [0.4, 0.5) is 8.78 Å². The number of aliphatic hydroxyl groups excluding tert-OH is 1. The molecule has 4 aromatic rings. The number of benzene rings is 2. The maximum Gasteiger partial charge on any atom is 0.243 e. The van der Waals surface area contributed by atoms with Crippen molar-refractivity contribution in [1.29, 1.82) is 0 Å². The number of carbonyl (C=O) groups is 2. The molecule has 2 N–H and O–H groups in total. The largest absolute Gasteiger partial charge is 0.389 e. The van der Waals surface area contributed by atoms with Crippen molar-refractivity contribution in [2.24, 2.45) is 0 Å². The molecule has 208 valence electrons. The van der Waals surface area contributed by atoms with E-state index in [1.165, 1.54) is 17.0 Å². The first-order valence-corrected chi connectivity index (χ1v) is 13.2. The predicted octanol–water partition coefficient (Wildman–Crippen LogP) is 4.51. The Hall–Kier alpha value is -3.89. The van der Waals surface area contributed by atoms with E-state index in [-0.39, 0.29) is 36.6 Å². The summed E-state index contributed by atoms with van der Waals surface area (Å²) in [6.45, 7) is 2.92. The first-order chi connectivity index (χ1) is 19.1. The molecule has 11 heteroatoms. The molecule has 1 saturated heterocycles. The summed E-state index contributed by atoms with van der Waals surface area (Å²) in [4.78, 5) is 36.1. The molecule has 0 aliphatic carbocycles. The van der Waals surface area contributed by atoms with E-state index in [1.807, 2.05) is 18.2 Å². The molecule has 1 fully saturated rings. The number of aromatic nitrogens is 3. The van der Waals surface area contributed by atoms with E-state index in [9.17, 15) is 23.5 Å². The van der Waals surface area contributed by atoms with Gasteiger partial charge in [-0.05, 0) is 37.6 Å². The molecule has 0 radical (unpaired) electrons. The van der Waals surface area contributed by atoms with E-state index in [4.69, 9.17) is 11.6 Å². The van der Waals surface area contributed by atoms with Crippen LogP contribution in [-0.2, 0) is 22.7 Å². The summed E-state index contributed by atoms with van der Waals surface area (Å²) in [7, 11) is 0. The fourth-order valence-electron chi connectivity index (χ4n) is 5.04. The first-order valence-electron chi connectivity index (χ1n) is 12.9. The van der Waals surface area contributed by atoms with Crippen LogP contribution in [0.1, 0.15) is 36.4 Å². The Bertz CT molecular complexity index is 1570. The lowest BCUT2D eigenvalue weighted by molar-refractivity contribution is -0.139. The molecule has 1 aliphatic heterocycles. The molecule has 2 aromatic heterocycles. The fraction of sp³-hybridized carbons (Fsp3) is 0.310. The number of aryl methyl sites for hydroxylation is 1. The molecule has 0 saturated carbocycles. The number of carbonyl (C=O) groups excluding carboxylic acids is 2. The lowest BCUT2D eigenvalue weighted by Gasteiger charge is -2.24. The number of nitrogens with zero attached hydrogens (tertiary/aromatic N) is 4. The summed E-state index contributed by atoms with van der Waals surface area (Å²) >= 11 is 5.81. The summed E-state index contributed by atoms with van der Waals surface area (Å²) < 4.78 is 30.4. The third kappa shape index (κ3) is 5.55. The van der Waals surface area contributed by atoms with Gasteiger partial charge in [-0.25, -0.2) is 18.7 Å². The Morgan fingerprint density at radius 3 is 2.67 bits per heavy atom. The summed E-state index contributed by atoms with van der Waals surface area (Å²) in [5, 5.41) is 13.7. The Balaban J connectivity index is 1.36. The zero-order valence-corrected chi connectivity index (χ0v) is 22.7. The molecule has 0 bridgehead atoms. The van der Waals surface area contributed by atoms with E-state index in [0.29, 0.717) is 16.9 Å². The average molecular weight is 568 g/mol. The predicted molar refractivity (Wildman–Crippen MR) is 147 cm³/mol. The minimum Gasteiger partial charge on any atom is -0.389 e. The molecule has 8 nitrogen and oxygen atoms in total. The van der Waals surface area contributed by atoms with Crippen molar-refractivity contribution < 1.29 is 23.5 Å². The lowest BCUT2D eigenvalue weighted by Crippen LogP contribution is -2.46. The summed E-state index contributed by atoms with van der Waals surface area (Å²) in [5.74, 6) is -1.00. The second-order valence-electron chi connectivity index (χ2n) is 9.96. The average Bonchev–Trinajstić information content (AvgIpc) is 3.50. The van der Waals surface area contributed by atoms with Gasteiger partial charge >= 0.3 is 0 Å². The second-order valence-corrected chi connectivity index (χ2v) is 10.4. The Labute approximate surface area is 234 Å². The highest BCUT2D eigenvalue weighted by Gasteiger charge is 2.39. The third-order valence-corrected chi connectivity index (χ3v) is 7.43. The summed E-state index contributed by atoms with van der Waals surface area (Å²) in [5.41, 5.74) is 3.18. The van der Waals surface area contributed by atoms with Gasteiger partial charge in [0.15, 0.2) is 0 Å². The fourth-order valence-corrected chi connectivity index (χ4v) is 5.23. The number of fused-ring (bicyclic) bond motifs is 1. The van der Waals surface area contributed by atoms with Crippen LogP contribution in [0.3, 0.4) is 0 Å². The van der Waals surface area contributed by atoms with Gasteiger partial charge in [0.25, 0.3) is 0 Å². The SMILES string of the molecule is Cc1ncc(-c2ccc3c(c2)c(C(C)O)cn3CC(=O)N2C[C@H](F)C[C@H]2C(=O)NCc2cccc(Cl)c2F)cn1. The van der Waals surface area contributed by atoms with Crippen LogP contribution in [0, 0.1) is 12.7 Å². The van der Waals surface area contributed by atoms with Gasteiger partial charge in [0.2, 0.25) is 11.8 Å². The van der Waals surface area contributed by atoms with Crippen LogP contribution in [0.25, 0.3) is 22.0 Å². The standard InChI is InChI=1S/C29H28ClF2N5O3/c1-16(38)23-14-36(25-7-6-18(8-22(23)25)20-11-33-17(2)34-12-20)15-27(39)37-13-21(31)9-26(37)29(40)35-10-19-4-3-5-24(30)28(19)32/h3-8,11-12,14,16,21,26,38H,9-10,13,15H2,1-2H3,(H,35,40)/t16?,21-,26+/m1/s1. The number of rotatable bonds is 7. The van der Waals surface area contributed by atoms with E-state index in [2.05, 4.69) is 15.3 Å². The van der Waals surface area contributed by atoms with E-state index < -0.39 is 35.9 Å². The van der Waals surface area contributed by atoms with Crippen LogP contribution in [0.5, 0.6) is 0 Å². The number of halogens is 3. The molecular weight excluding hydrogens is 540 g/mol. The highest BCUT2D eigenvalue weighted by molar-refractivity contribution is 6.30. The van der Waals surface area contributed by atoms with Crippen LogP contribution < -0.4 is 5.32 Å². The van der Waals surface area contributed by atoms with Gasteiger partial charge in [0, 0.05) is 59.1 Å². The number of amides is 2. The molecule has 2 aromatic carbocycles. The highest BCUT2D eigenvalue weighted by Crippen LogP contribution is 2.31.